The molecule has 3 N–H and O–H groups in total. The van der Waals surface area contributed by atoms with E-state index in [1.807, 2.05) is 51.1 Å². The minimum Gasteiger partial charge on any atom is -0.464 e. The molecule has 0 fully saturated rings. The summed E-state index contributed by atoms with van der Waals surface area (Å²) in [6.07, 6.45) is 3.27. The van der Waals surface area contributed by atoms with Crippen LogP contribution in [-0.4, -0.2) is 41.5 Å². The van der Waals surface area contributed by atoms with E-state index in [1.54, 1.807) is 24.3 Å². The van der Waals surface area contributed by atoms with E-state index in [0.29, 0.717) is 51.7 Å². The maximum atomic E-state index is 12.1. The van der Waals surface area contributed by atoms with Crippen molar-refractivity contribution in [3.8, 4) is 22.8 Å². The number of carbonyl (C=O) groups is 2. The molecule has 3 heterocycles. The van der Waals surface area contributed by atoms with Gasteiger partial charge in [0.25, 0.3) is 0 Å². The number of fused-ring (bicyclic) bond motifs is 1. The van der Waals surface area contributed by atoms with E-state index >= 15 is 0 Å². The van der Waals surface area contributed by atoms with E-state index in [9.17, 15) is 14.7 Å². The summed E-state index contributed by atoms with van der Waals surface area (Å²) in [5.74, 6) is 0.746. The van der Waals surface area contributed by atoms with Gasteiger partial charge in [-0.15, -0.1) is 0 Å². The van der Waals surface area contributed by atoms with Gasteiger partial charge in [0.15, 0.2) is 0 Å². The number of nitrogens with zero attached hydrogens (tertiary/aromatic N) is 5. The molecule has 0 aliphatic carbocycles. The lowest BCUT2D eigenvalue weighted by molar-refractivity contribution is 0.104. The second-order valence-electron chi connectivity index (χ2n) is 10.2. The second kappa shape index (κ2) is 10.6. The molecule has 40 heavy (non-hydrogen) atoms. The summed E-state index contributed by atoms with van der Waals surface area (Å²) in [6, 6.07) is 15.8. The molecule has 204 valence electrons. The SMILES string of the molecule is CC(C)(C)c1c(-c2cn(C(=O)O)c3ccc(Oc4cc(COCc5ccccc5)ncn4)cc23)cnn1C(N)=O. The largest absolute Gasteiger partial charge is 0.464 e. The standard InChI is InChI=1S/C29H28N6O5/c1-29(2,3)26-22(13-33-35(26)27(30)36)23-14-34(28(37)38)24-10-9-20(12-21(23)24)40-25-11-19(31-17-32-25)16-39-15-18-7-5-4-6-8-18/h4-14,17H,15-16H2,1-3H3,(H2,30,36)(H,37,38). The Hall–Kier alpha value is -5.03. The molecular formula is C29H28N6O5. The smallest absolute Gasteiger partial charge is 0.416 e. The van der Waals surface area contributed by atoms with E-state index in [0.717, 1.165) is 14.8 Å². The normalized spacial score (nSPS) is 11.6. The molecule has 0 spiro atoms. The summed E-state index contributed by atoms with van der Waals surface area (Å²) in [5, 5.41) is 14.6. The zero-order valence-corrected chi connectivity index (χ0v) is 22.2. The van der Waals surface area contributed by atoms with Gasteiger partial charge in [-0.05, 0) is 23.8 Å². The first kappa shape index (κ1) is 26.6. The summed E-state index contributed by atoms with van der Waals surface area (Å²) in [6.45, 7) is 6.50. The molecule has 0 saturated carbocycles. The van der Waals surface area contributed by atoms with Crippen molar-refractivity contribution in [3.63, 3.8) is 0 Å². The summed E-state index contributed by atoms with van der Waals surface area (Å²) >= 11 is 0. The maximum absolute atomic E-state index is 12.1. The van der Waals surface area contributed by atoms with Crippen molar-refractivity contribution in [2.45, 2.75) is 39.4 Å². The van der Waals surface area contributed by atoms with Crippen molar-refractivity contribution in [2.75, 3.05) is 0 Å². The van der Waals surface area contributed by atoms with Crippen LogP contribution in [0.15, 0.2) is 73.3 Å². The van der Waals surface area contributed by atoms with Crippen LogP contribution in [0.4, 0.5) is 9.59 Å². The fraction of sp³-hybridized carbons (Fsp3) is 0.207. The minimum atomic E-state index is -1.15. The van der Waals surface area contributed by atoms with Gasteiger partial charge in [0.2, 0.25) is 5.88 Å². The van der Waals surface area contributed by atoms with Crippen LogP contribution >= 0.6 is 0 Å². The van der Waals surface area contributed by atoms with Gasteiger partial charge in [-0.3, -0.25) is 4.57 Å². The third-order valence-corrected chi connectivity index (χ3v) is 6.24. The van der Waals surface area contributed by atoms with Gasteiger partial charge in [-0.1, -0.05) is 51.1 Å². The highest BCUT2D eigenvalue weighted by atomic mass is 16.5. The zero-order valence-electron chi connectivity index (χ0n) is 22.2. The number of carboxylic acid groups (broad SMARTS) is 1. The van der Waals surface area contributed by atoms with Crippen LogP contribution in [0.5, 0.6) is 11.6 Å². The van der Waals surface area contributed by atoms with Crippen LogP contribution in [0, 0.1) is 0 Å². The van der Waals surface area contributed by atoms with E-state index in [2.05, 4.69) is 15.1 Å². The number of hydrogen-bond donors (Lipinski definition) is 2. The number of hydrogen-bond acceptors (Lipinski definition) is 7. The topological polar surface area (TPSA) is 147 Å². The van der Waals surface area contributed by atoms with Gasteiger partial charge in [-0.2, -0.15) is 9.78 Å². The number of amides is 1. The van der Waals surface area contributed by atoms with Crippen molar-refractivity contribution >= 4 is 23.0 Å². The number of rotatable bonds is 7. The summed E-state index contributed by atoms with van der Waals surface area (Å²) < 4.78 is 14.1. The van der Waals surface area contributed by atoms with E-state index in [-0.39, 0.29) is 6.61 Å². The molecule has 0 saturated heterocycles. The van der Waals surface area contributed by atoms with Gasteiger partial charge in [0.05, 0.1) is 36.3 Å². The van der Waals surface area contributed by atoms with Crippen LogP contribution in [0.25, 0.3) is 22.0 Å². The molecule has 0 bridgehead atoms. The molecule has 2 aromatic carbocycles. The number of nitrogens with two attached hydrogens (primary N) is 1. The molecule has 0 radical (unpaired) electrons. The van der Waals surface area contributed by atoms with Gasteiger partial charge < -0.3 is 20.3 Å². The van der Waals surface area contributed by atoms with E-state index in [4.69, 9.17) is 15.2 Å². The van der Waals surface area contributed by atoms with Crippen molar-refractivity contribution in [3.05, 3.63) is 90.3 Å². The van der Waals surface area contributed by atoms with Crippen LogP contribution in [0.3, 0.4) is 0 Å². The zero-order chi connectivity index (χ0) is 28.4. The molecule has 0 aliphatic rings. The molecule has 0 atom stereocenters. The van der Waals surface area contributed by atoms with Crippen LogP contribution in [-0.2, 0) is 23.4 Å². The van der Waals surface area contributed by atoms with Crippen molar-refractivity contribution in [1.29, 1.82) is 0 Å². The van der Waals surface area contributed by atoms with E-state index in [1.165, 1.54) is 18.7 Å². The summed E-state index contributed by atoms with van der Waals surface area (Å²) in [7, 11) is 0. The van der Waals surface area contributed by atoms with Gasteiger partial charge in [0, 0.05) is 34.2 Å². The highest BCUT2D eigenvalue weighted by Crippen LogP contribution is 2.39. The van der Waals surface area contributed by atoms with Crippen molar-refractivity contribution < 1.29 is 24.2 Å². The molecule has 1 amide bonds. The molecule has 0 aliphatic heterocycles. The van der Waals surface area contributed by atoms with Gasteiger partial charge >= 0.3 is 12.1 Å². The average molecular weight is 541 g/mol. The first-order valence-electron chi connectivity index (χ1n) is 12.5. The molecule has 5 rings (SSSR count). The Balaban J connectivity index is 1.47. The first-order valence-corrected chi connectivity index (χ1v) is 12.5. The number of benzene rings is 2. The molecule has 5 aromatic rings. The average Bonchev–Trinajstić information content (AvgIpc) is 3.52. The Bertz CT molecular complexity index is 1700. The summed E-state index contributed by atoms with van der Waals surface area (Å²) in [4.78, 5) is 32.6. The molecule has 11 heteroatoms. The summed E-state index contributed by atoms with van der Waals surface area (Å²) in [5.41, 5.74) is 8.92. The van der Waals surface area contributed by atoms with Crippen LogP contribution < -0.4 is 10.5 Å². The lowest BCUT2D eigenvalue weighted by Gasteiger charge is -2.21. The molecule has 11 nitrogen and oxygen atoms in total. The minimum absolute atomic E-state index is 0.276. The second-order valence-corrected chi connectivity index (χ2v) is 10.2. The Morgan fingerprint density at radius 2 is 1.77 bits per heavy atom. The fourth-order valence-electron chi connectivity index (χ4n) is 4.56. The fourth-order valence-corrected chi connectivity index (χ4v) is 4.56. The van der Waals surface area contributed by atoms with Crippen LogP contribution in [0.1, 0.15) is 37.7 Å². The Labute approximate surface area is 229 Å². The Morgan fingerprint density at radius 1 is 1.00 bits per heavy atom. The first-order chi connectivity index (χ1) is 19.1. The van der Waals surface area contributed by atoms with Gasteiger partial charge in [0.1, 0.15) is 12.1 Å². The number of carbonyl (C=O) groups excluding carboxylic acids is 1. The highest BCUT2D eigenvalue weighted by molar-refractivity contribution is 6.01. The maximum Gasteiger partial charge on any atom is 0.416 e. The molecular weight excluding hydrogens is 512 g/mol. The van der Waals surface area contributed by atoms with E-state index < -0.39 is 17.5 Å². The predicted octanol–water partition coefficient (Wildman–Crippen LogP) is 5.55. The number of aromatic nitrogens is 5. The van der Waals surface area contributed by atoms with Crippen LogP contribution in [0.2, 0.25) is 0 Å². The Kier molecular flexibility index (Phi) is 7.05. The quantitative estimate of drug-likeness (QED) is 0.273. The highest BCUT2D eigenvalue weighted by Gasteiger charge is 2.29. The predicted molar refractivity (Wildman–Crippen MR) is 147 cm³/mol. The van der Waals surface area contributed by atoms with Crippen molar-refractivity contribution in [2.24, 2.45) is 5.73 Å². The van der Waals surface area contributed by atoms with Crippen molar-refractivity contribution in [1.82, 2.24) is 24.3 Å². The lowest BCUT2D eigenvalue weighted by atomic mass is 9.87. The monoisotopic (exact) mass is 540 g/mol. The van der Waals surface area contributed by atoms with Gasteiger partial charge in [-0.25, -0.2) is 19.6 Å². The lowest BCUT2D eigenvalue weighted by Crippen LogP contribution is -2.28. The third-order valence-electron chi connectivity index (χ3n) is 6.24. The number of ether oxygens (including phenoxy) is 2. The third kappa shape index (κ3) is 5.40. The number of primary amides is 1. The molecule has 3 aromatic heterocycles. The molecule has 0 unspecified atom stereocenters. The Morgan fingerprint density at radius 3 is 2.48 bits per heavy atom.